The van der Waals surface area contributed by atoms with Crippen LogP contribution in [0.15, 0.2) is 42.6 Å². The zero-order valence-corrected chi connectivity index (χ0v) is 16.6. The van der Waals surface area contributed by atoms with Crippen molar-refractivity contribution in [2.75, 3.05) is 7.11 Å². The van der Waals surface area contributed by atoms with Gasteiger partial charge in [0.05, 0.1) is 7.11 Å². The van der Waals surface area contributed by atoms with Crippen molar-refractivity contribution in [3.63, 3.8) is 0 Å². The van der Waals surface area contributed by atoms with Gasteiger partial charge in [0.1, 0.15) is 11.5 Å². The molecule has 2 aromatic carbocycles. The van der Waals surface area contributed by atoms with Crippen LogP contribution < -0.4 is 4.74 Å². The molecule has 0 unspecified atom stereocenters. The molecule has 0 saturated heterocycles. The molecule has 0 amide bonds. The number of aryl methyl sites for hydroxylation is 1. The molecule has 2 N–H and O–H groups in total. The van der Waals surface area contributed by atoms with E-state index < -0.39 is 0 Å². The van der Waals surface area contributed by atoms with Crippen molar-refractivity contribution >= 4 is 10.9 Å². The number of hydrogen-bond donors (Lipinski definition) is 2. The normalized spacial score (nSPS) is 12.5. The van der Waals surface area contributed by atoms with Gasteiger partial charge in [-0.15, -0.1) is 0 Å². The van der Waals surface area contributed by atoms with Gasteiger partial charge in [-0.25, -0.2) is 0 Å². The molecule has 0 saturated carbocycles. The Kier molecular flexibility index (Phi) is 4.51. The average Bonchev–Trinajstić information content (AvgIpc) is 3.00. The number of aromatic nitrogens is 1. The molecular formula is C23H29NO2. The second kappa shape index (κ2) is 6.39. The Hall–Kier alpha value is -2.42. The lowest BCUT2D eigenvalue weighted by Gasteiger charge is -2.36. The Morgan fingerprint density at radius 3 is 2.38 bits per heavy atom. The van der Waals surface area contributed by atoms with Crippen molar-refractivity contribution < 1.29 is 9.84 Å². The molecule has 0 spiro atoms. The monoisotopic (exact) mass is 351 g/mol. The van der Waals surface area contributed by atoms with Crippen LogP contribution in [0.1, 0.15) is 50.8 Å². The number of H-pyrrole nitrogens is 1. The lowest BCUT2D eigenvalue weighted by Crippen LogP contribution is -2.29. The van der Waals surface area contributed by atoms with Gasteiger partial charge >= 0.3 is 0 Å². The fourth-order valence-corrected chi connectivity index (χ4v) is 4.17. The largest absolute Gasteiger partial charge is 0.508 e. The Labute approximate surface area is 156 Å². The van der Waals surface area contributed by atoms with Gasteiger partial charge in [-0.1, -0.05) is 39.8 Å². The number of methoxy groups -OCH3 is 1. The highest BCUT2D eigenvalue weighted by atomic mass is 16.5. The molecule has 0 fully saturated rings. The van der Waals surface area contributed by atoms with Gasteiger partial charge in [0.15, 0.2) is 0 Å². The van der Waals surface area contributed by atoms with Crippen molar-refractivity contribution in [2.45, 2.75) is 51.9 Å². The van der Waals surface area contributed by atoms with Crippen molar-refractivity contribution in [3.8, 4) is 11.5 Å². The van der Waals surface area contributed by atoms with Crippen LogP contribution >= 0.6 is 0 Å². The zero-order valence-electron chi connectivity index (χ0n) is 16.6. The van der Waals surface area contributed by atoms with Crippen molar-refractivity contribution in [1.29, 1.82) is 0 Å². The maximum absolute atomic E-state index is 9.84. The Balaban J connectivity index is 1.98. The Morgan fingerprint density at radius 1 is 1.00 bits per heavy atom. The quantitative estimate of drug-likeness (QED) is 0.607. The summed E-state index contributed by atoms with van der Waals surface area (Å²) >= 11 is 0. The standard InChI is InChI=1S/C23H29NO2/c1-15-11-16(7-10-21(15)25)22(2,3)14-23(4,5)19-13-24-20-9-8-17(26-6)12-18(19)20/h7-13,24-25H,14H2,1-6H3. The van der Waals surface area contributed by atoms with Gasteiger partial charge in [0.25, 0.3) is 0 Å². The van der Waals surface area contributed by atoms with E-state index in [1.54, 1.807) is 13.2 Å². The fraction of sp³-hybridized carbons (Fsp3) is 0.391. The molecule has 1 aromatic heterocycles. The molecule has 3 heteroatoms. The molecule has 0 aliphatic heterocycles. The van der Waals surface area contributed by atoms with Crippen LogP contribution in [0.5, 0.6) is 11.5 Å². The summed E-state index contributed by atoms with van der Waals surface area (Å²) in [5.74, 6) is 1.23. The first kappa shape index (κ1) is 18.4. The zero-order chi connectivity index (χ0) is 19.1. The van der Waals surface area contributed by atoms with E-state index in [-0.39, 0.29) is 10.8 Å². The number of hydrogen-bond acceptors (Lipinski definition) is 2. The van der Waals surface area contributed by atoms with Crippen LogP contribution in [-0.4, -0.2) is 17.2 Å². The van der Waals surface area contributed by atoms with Crippen LogP contribution in [0.3, 0.4) is 0 Å². The molecule has 3 nitrogen and oxygen atoms in total. The highest BCUT2D eigenvalue weighted by molar-refractivity contribution is 5.85. The first-order valence-corrected chi connectivity index (χ1v) is 9.10. The number of rotatable bonds is 5. The first-order valence-electron chi connectivity index (χ1n) is 9.10. The van der Waals surface area contributed by atoms with E-state index >= 15 is 0 Å². The van der Waals surface area contributed by atoms with Crippen molar-refractivity contribution in [3.05, 3.63) is 59.3 Å². The van der Waals surface area contributed by atoms with Gasteiger partial charge in [0.2, 0.25) is 0 Å². The summed E-state index contributed by atoms with van der Waals surface area (Å²) in [4.78, 5) is 3.40. The number of nitrogens with one attached hydrogen (secondary N) is 1. The first-order chi connectivity index (χ1) is 12.1. The van der Waals surface area contributed by atoms with Crippen LogP contribution in [0.25, 0.3) is 10.9 Å². The minimum absolute atomic E-state index is 0.0234. The van der Waals surface area contributed by atoms with Gasteiger partial charge < -0.3 is 14.8 Å². The molecule has 1 heterocycles. The van der Waals surface area contributed by atoms with Gasteiger partial charge in [-0.2, -0.15) is 0 Å². The molecule has 0 atom stereocenters. The average molecular weight is 351 g/mol. The molecule has 0 aliphatic carbocycles. The van der Waals surface area contributed by atoms with Crippen LogP contribution in [-0.2, 0) is 10.8 Å². The third-order valence-corrected chi connectivity index (χ3v) is 5.48. The Morgan fingerprint density at radius 2 is 1.73 bits per heavy atom. The summed E-state index contributed by atoms with van der Waals surface area (Å²) in [5.41, 5.74) is 4.55. The van der Waals surface area contributed by atoms with Crippen LogP contribution in [0, 0.1) is 6.92 Å². The lowest BCUT2D eigenvalue weighted by molar-refractivity contribution is 0.350. The summed E-state index contributed by atoms with van der Waals surface area (Å²) in [7, 11) is 1.70. The molecule has 0 radical (unpaired) electrons. The van der Waals surface area contributed by atoms with Crippen LogP contribution in [0.4, 0.5) is 0 Å². The molecule has 3 rings (SSSR count). The number of phenols is 1. The number of aromatic hydroxyl groups is 1. The number of phenolic OH excluding ortho intramolecular Hbond substituents is 1. The predicted octanol–water partition coefficient (Wildman–Crippen LogP) is 5.84. The number of ether oxygens (including phenoxy) is 1. The highest BCUT2D eigenvalue weighted by Crippen LogP contribution is 2.42. The van der Waals surface area contributed by atoms with Gasteiger partial charge in [-0.3, -0.25) is 0 Å². The SMILES string of the molecule is COc1ccc2[nH]cc(C(C)(C)CC(C)(C)c3ccc(O)c(C)c3)c2c1. The topological polar surface area (TPSA) is 45.2 Å². The Bertz CT molecular complexity index is 935. The summed E-state index contributed by atoms with van der Waals surface area (Å²) in [6.45, 7) is 11.1. The summed E-state index contributed by atoms with van der Waals surface area (Å²) in [5, 5.41) is 11.1. The number of benzene rings is 2. The second-order valence-corrected chi connectivity index (χ2v) is 8.56. The molecule has 0 bridgehead atoms. The third-order valence-electron chi connectivity index (χ3n) is 5.48. The van der Waals surface area contributed by atoms with E-state index in [2.05, 4.69) is 57.1 Å². The molecule has 138 valence electrons. The van der Waals surface area contributed by atoms with E-state index in [0.29, 0.717) is 5.75 Å². The highest BCUT2D eigenvalue weighted by Gasteiger charge is 2.33. The van der Waals surface area contributed by atoms with E-state index in [4.69, 9.17) is 4.74 Å². The third kappa shape index (κ3) is 3.31. The molecule has 26 heavy (non-hydrogen) atoms. The van der Waals surface area contributed by atoms with Gasteiger partial charge in [0, 0.05) is 17.1 Å². The molecule has 0 aliphatic rings. The smallest absolute Gasteiger partial charge is 0.119 e. The number of aromatic amines is 1. The summed E-state index contributed by atoms with van der Waals surface area (Å²) in [6.07, 6.45) is 3.11. The van der Waals surface area contributed by atoms with Gasteiger partial charge in [-0.05, 0) is 65.1 Å². The van der Waals surface area contributed by atoms with Crippen LogP contribution in [0.2, 0.25) is 0 Å². The summed E-state index contributed by atoms with van der Waals surface area (Å²) in [6, 6.07) is 12.1. The van der Waals surface area contributed by atoms with Crippen molar-refractivity contribution in [2.24, 2.45) is 0 Å². The lowest BCUT2D eigenvalue weighted by atomic mass is 9.68. The van der Waals surface area contributed by atoms with E-state index in [1.165, 1.54) is 16.5 Å². The molecule has 3 aromatic rings. The van der Waals surface area contributed by atoms with E-state index in [0.717, 1.165) is 23.3 Å². The predicted molar refractivity (Wildman–Crippen MR) is 108 cm³/mol. The second-order valence-electron chi connectivity index (χ2n) is 8.56. The minimum atomic E-state index is -0.0279. The molecular weight excluding hydrogens is 322 g/mol. The van der Waals surface area contributed by atoms with E-state index in [1.807, 2.05) is 19.1 Å². The maximum Gasteiger partial charge on any atom is 0.119 e. The maximum atomic E-state index is 9.84. The van der Waals surface area contributed by atoms with Crippen molar-refractivity contribution in [1.82, 2.24) is 4.98 Å². The number of fused-ring (bicyclic) bond motifs is 1. The summed E-state index contributed by atoms with van der Waals surface area (Å²) < 4.78 is 5.42. The van der Waals surface area contributed by atoms with E-state index in [9.17, 15) is 5.11 Å². The minimum Gasteiger partial charge on any atom is -0.508 e. The fourth-order valence-electron chi connectivity index (χ4n) is 4.17.